The molecule has 5 nitrogen and oxygen atoms in total. The van der Waals surface area contributed by atoms with Gasteiger partial charge in [-0.2, -0.15) is 4.57 Å². The average molecular weight is 692 g/mol. The molecule has 5 aromatic rings. The van der Waals surface area contributed by atoms with Crippen LogP contribution in [0.15, 0.2) is 119 Å². The van der Waals surface area contributed by atoms with Gasteiger partial charge in [0.2, 0.25) is 0 Å². The predicted molar refractivity (Wildman–Crippen MR) is 186 cm³/mol. The van der Waals surface area contributed by atoms with Crippen molar-refractivity contribution in [3.8, 4) is 11.4 Å². The topological polar surface area (TPSA) is 19.6 Å². The zero-order valence-electron chi connectivity index (χ0n) is 27.0. The van der Waals surface area contributed by atoms with E-state index < -0.39 is 0 Å². The van der Waals surface area contributed by atoms with E-state index in [1.807, 2.05) is 17.8 Å². The van der Waals surface area contributed by atoms with E-state index in [4.69, 9.17) is 4.74 Å². The van der Waals surface area contributed by atoms with E-state index >= 15 is 0 Å². The zero-order valence-corrected chi connectivity index (χ0v) is 30.6. The van der Waals surface area contributed by atoms with Crippen LogP contribution in [0.4, 0.5) is 11.5 Å². The molecule has 4 aromatic carbocycles. The number of rotatable bonds is 10. The van der Waals surface area contributed by atoms with Crippen LogP contribution in [0.2, 0.25) is 0 Å². The van der Waals surface area contributed by atoms with Gasteiger partial charge in [0, 0.05) is 68.1 Å². The Labute approximate surface area is 297 Å². The number of benzene rings is 4. The second kappa shape index (κ2) is 14.5. The molecule has 0 fully saturated rings. The van der Waals surface area contributed by atoms with Crippen LogP contribution in [-0.2, 0) is 39.3 Å². The largest absolute Gasteiger partial charge is 0.497 e. The maximum atomic E-state index is 5.46. The summed E-state index contributed by atoms with van der Waals surface area (Å²) in [5.41, 5.74) is 6.15. The van der Waals surface area contributed by atoms with Crippen LogP contribution in [-0.4, -0.2) is 52.9 Å². The van der Waals surface area contributed by atoms with Crippen LogP contribution in [0.1, 0.15) is 17.5 Å². The van der Waals surface area contributed by atoms with Gasteiger partial charge < -0.3 is 14.1 Å². The Hall–Kier alpha value is -3.16. The molecule has 0 atom stereocenters. The first kappa shape index (κ1) is 33.2. The Balaban J connectivity index is 0.00000400. The Morgan fingerprint density at radius 1 is 0.889 bits per heavy atom. The first-order chi connectivity index (χ1) is 21.3. The van der Waals surface area contributed by atoms with E-state index in [1.54, 1.807) is 7.11 Å². The van der Waals surface area contributed by atoms with Crippen LogP contribution in [0.5, 0.6) is 5.75 Å². The quantitative estimate of drug-likeness (QED) is 0.110. The molecule has 0 bridgehead atoms. The minimum absolute atomic E-state index is 0. The van der Waals surface area contributed by atoms with Crippen LogP contribution in [0.25, 0.3) is 22.7 Å². The standard InChI is InChI=1S/C38H42N4OS.Y/c1-39(23-14-24-42(3,4)28-29-15-13-18-32(25-29)43-5)37-26-30(27-38-40(2)35-21-11-12-22-36(35)44-38)33-19-9-10-20-34(33)41(37)31-16-7-6-8-17-31;/h6-13,15-22,25-27H,14,23-24,28H2,1-5H3;/q+2;. The van der Waals surface area contributed by atoms with Gasteiger partial charge in [-0.05, 0) is 54.1 Å². The van der Waals surface area contributed by atoms with Gasteiger partial charge in [-0.3, -0.25) is 4.90 Å². The maximum Gasteiger partial charge on any atom is 0.282 e. The summed E-state index contributed by atoms with van der Waals surface area (Å²) >= 11 is 1.84. The number of ether oxygens (including phenoxy) is 1. The summed E-state index contributed by atoms with van der Waals surface area (Å²) < 4.78 is 8.78. The van der Waals surface area contributed by atoms with E-state index in [2.05, 4.69) is 152 Å². The van der Waals surface area contributed by atoms with Gasteiger partial charge in [0.1, 0.15) is 23.5 Å². The molecule has 45 heavy (non-hydrogen) atoms. The van der Waals surface area contributed by atoms with Crippen molar-refractivity contribution in [2.24, 2.45) is 0 Å². The summed E-state index contributed by atoms with van der Waals surface area (Å²) in [5, 5.41) is 2.47. The number of para-hydroxylation sites is 3. The maximum absolute atomic E-state index is 5.46. The summed E-state index contributed by atoms with van der Waals surface area (Å²) in [5.74, 6) is 2.10. The molecular weight excluding hydrogens is 649 g/mol. The third-order valence-electron chi connectivity index (χ3n) is 8.43. The zero-order chi connectivity index (χ0) is 30.7. The Kier molecular flexibility index (Phi) is 10.7. The summed E-state index contributed by atoms with van der Waals surface area (Å²) in [6, 6.07) is 39.0. The van der Waals surface area contributed by atoms with Crippen molar-refractivity contribution in [3.05, 3.63) is 125 Å². The fourth-order valence-electron chi connectivity index (χ4n) is 6.14. The molecule has 0 aliphatic carbocycles. The fraction of sp³-hybridized carbons (Fsp3) is 0.237. The molecule has 1 radical (unpaired) electrons. The van der Waals surface area contributed by atoms with Crippen molar-refractivity contribution < 1.29 is 46.5 Å². The molecule has 0 unspecified atom stereocenters. The number of methoxy groups -OCH3 is 1. The molecule has 2 heterocycles. The third-order valence-corrected chi connectivity index (χ3v) is 9.59. The summed E-state index contributed by atoms with van der Waals surface area (Å²) in [6.07, 6.45) is 3.42. The van der Waals surface area contributed by atoms with Crippen molar-refractivity contribution in [1.29, 1.82) is 0 Å². The molecule has 227 valence electrons. The molecule has 7 heteroatoms. The van der Waals surface area contributed by atoms with Gasteiger partial charge in [0.05, 0.1) is 52.1 Å². The van der Waals surface area contributed by atoms with E-state index in [9.17, 15) is 0 Å². The third kappa shape index (κ3) is 7.47. The number of thioether (sulfide) groups is 1. The molecule has 0 spiro atoms. The van der Waals surface area contributed by atoms with Crippen molar-refractivity contribution in [3.63, 3.8) is 0 Å². The number of hydrogen-bond acceptors (Lipinski definition) is 4. The molecule has 1 aromatic heterocycles. The number of aromatic nitrogens is 1. The molecule has 1 aliphatic rings. The molecule has 0 amide bonds. The Bertz CT molecular complexity index is 1810. The fourth-order valence-corrected chi connectivity index (χ4v) is 7.24. The Morgan fingerprint density at radius 3 is 2.40 bits per heavy atom. The van der Waals surface area contributed by atoms with Crippen molar-refractivity contribution in [2.75, 3.05) is 58.2 Å². The molecule has 0 N–H and O–H groups in total. The summed E-state index contributed by atoms with van der Waals surface area (Å²) in [4.78, 5) is 6.03. The first-order valence-electron chi connectivity index (χ1n) is 15.2. The van der Waals surface area contributed by atoms with E-state index in [0.29, 0.717) is 0 Å². The minimum atomic E-state index is 0. The number of quaternary nitrogens is 1. The molecular formula is C38H42N4OSY+2. The van der Waals surface area contributed by atoms with Gasteiger partial charge in [-0.1, -0.05) is 72.4 Å². The molecule has 1 aliphatic heterocycles. The van der Waals surface area contributed by atoms with Crippen LogP contribution < -0.4 is 19.1 Å². The van der Waals surface area contributed by atoms with Crippen molar-refractivity contribution >= 4 is 40.2 Å². The first-order valence-corrected chi connectivity index (χ1v) is 16.1. The van der Waals surface area contributed by atoms with E-state index in [-0.39, 0.29) is 32.7 Å². The van der Waals surface area contributed by atoms with Crippen molar-refractivity contribution in [2.45, 2.75) is 17.9 Å². The molecule has 6 rings (SSSR count). The van der Waals surface area contributed by atoms with Crippen LogP contribution in [0, 0.1) is 0 Å². The minimum Gasteiger partial charge on any atom is -0.497 e. The van der Waals surface area contributed by atoms with E-state index in [1.165, 1.54) is 49.1 Å². The monoisotopic (exact) mass is 691 g/mol. The SMILES string of the molecule is COc1cccc(C[N+](C)(C)CCCN(C)c2cc(C=C3Sc4ccccc4N3C)c3ccccc3[n+]2-c2ccccc2)c1.[Y]. The smallest absolute Gasteiger partial charge is 0.282 e. The Morgan fingerprint density at radius 2 is 1.62 bits per heavy atom. The molecule has 0 saturated heterocycles. The second-order valence-electron chi connectivity index (χ2n) is 12.2. The van der Waals surface area contributed by atoms with Gasteiger partial charge in [0.25, 0.3) is 5.82 Å². The van der Waals surface area contributed by atoms with Gasteiger partial charge in [-0.25, -0.2) is 0 Å². The average Bonchev–Trinajstić information content (AvgIpc) is 3.35. The van der Waals surface area contributed by atoms with E-state index in [0.717, 1.165) is 36.3 Å². The number of anilines is 2. The summed E-state index contributed by atoms with van der Waals surface area (Å²) in [6.45, 7) is 2.98. The van der Waals surface area contributed by atoms with Gasteiger partial charge >= 0.3 is 0 Å². The normalized spacial score (nSPS) is 13.5. The van der Waals surface area contributed by atoms with Crippen LogP contribution in [0.3, 0.4) is 0 Å². The summed E-state index contributed by atoms with van der Waals surface area (Å²) in [7, 11) is 10.8. The number of hydrogen-bond donors (Lipinski definition) is 0. The molecule has 0 saturated carbocycles. The van der Waals surface area contributed by atoms with Gasteiger partial charge in [0.15, 0.2) is 0 Å². The number of pyridine rings is 1. The van der Waals surface area contributed by atoms with Crippen molar-refractivity contribution in [1.82, 2.24) is 0 Å². The number of fused-ring (bicyclic) bond motifs is 2. The number of nitrogens with zero attached hydrogens (tertiary/aromatic N) is 4. The van der Waals surface area contributed by atoms with Crippen LogP contribution >= 0.6 is 11.8 Å². The predicted octanol–water partition coefficient (Wildman–Crippen LogP) is 7.77. The second-order valence-corrected chi connectivity index (χ2v) is 13.3. The van der Waals surface area contributed by atoms with Gasteiger partial charge in [-0.15, -0.1) is 0 Å².